The van der Waals surface area contributed by atoms with Crippen LogP contribution in [0.4, 0.5) is 38.5 Å². The van der Waals surface area contributed by atoms with Crippen LogP contribution in [-0.2, 0) is 0 Å². The molecule has 0 spiro atoms. The van der Waals surface area contributed by atoms with Crippen molar-refractivity contribution < 1.29 is 13.5 Å². The molecule has 0 radical (unpaired) electrons. The van der Waals surface area contributed by atoms with E-state index in [0.717, 1.165) is 128 Å². The van der Waals surface area contributed by atoms with Crippen LogP contribution in [0.1, 0.15) is 0 Å². The number of benzene rings is 12. The lowest BCUT2D eigenvalue weighted by atomic mass is 9.90. The van der Waals surface area contributed by atoms with Crippen molar-refractivity contribution in [3.05, 3.63) is 267 Å². The Hall–Kier alpha value is -9.71. The van der Waals surface area contributed by atoms with Gasteiger partial charge in [-0.1, -0.05) is 176 Å². The van der Waals surface area contributed by atoms with Crippen molar-refractivity contribution in [2.45, 2.75) is 0 Å². The zero-order valence-corrected chi connectivity index (χ0v) is 39.4. The molecule has 0 saturated carbocycles. The molecular weight excluding hydrogens is 896 g/mol. The monoisotopic (exact) mass is 938 g/mol. The summed E-state index contributed by atoms with van der Waals surface area (Å²) in [6.45, 7) is 0. The number of nitrogens with zero attached hydrogens (tertiary/aromatic N) is 2. The van der Waals surface area contributed by atoms with Crippen LogP contribution in [0.2, 0.25) is 0 Å². The number of hydrogen-bond donors (Lipinski definition) is 0. The summed E-state index contributed by atoms with van der Waals surface area (Å²) in [5.41, 5.74) is 14.4. The van der Waals surface area contributed by atoms with Crippen LogP contribution in [-0.4, -0.2) is 0 Å². The minimum Gasteiger partial charge on any atom is -0.456 e. The zero-order chi connectivity index (χ0) is 48.4. The van der Waals surface area contributed by atoms with Crippen molar-refractivity contribution in [3.8, 4) is 56.0 Å². The van der Waals surface area contributed by atoms with Crippen molar-refractivity contribution in [2.75, 3.05) is 9.80 Å². The van der Waals surface area contributed by atoms with Crippen LogP contribution < -0.4 is 14.5 Å². The second-order valence-corrected chi connectivity index (χ2v) is 18.5. The number of ether oxygens (including phenoxy) is 1. The summed E-state index contributed by atoms with van der Waals surface area (Å²) < 4.78 is 31.2. The van der Waals surface area contributed by atoms with E-state index in [9.17, 15) is 0 Å². The Kier molecular flexibility index (Phi) is 10.0. The minimum absolute atomic E-state index is 0.318. The maximum atomic E-state index is 17.4. The second kappa shape index (κ2) is 17.3. The van der Waals surface area contributed by atoms with Crippen LogP contribution in [0, 0.1) is 5.82 Å². The van der Waals surface area contributed by atoms with Gasteiger partial charge in [-0.3, -0.25) is 0 Å². The van der Waals surface area contributed by atoms with Gasteiger partial charge in [0.2, 0.25) is 0 Å². The summed E-state index contributed by atoms with van der Waals surface area (Å²) in [5, 5.41) is 6.30. The Morgan fingerprint density at radius 2 is 0.945 bits per heavy atom. The largest absolute Gasteiger partial charge is 0.456 e. The van der Waals surface area contributed by atoms with Gasteiger partial charge in [0, 0.05) is 50.3 Å². The molecule has 73 heavy (non-hydrogen) atoms. The molecule has 0 aliphatic carbocycles. The second-order valence-electron chi connectivity index (χ2n) is 18.5. The van der Waals surface area contributed by atoms with Gasteiger partial charge in [-0.15, -0.1) is 0 Å². The zero-order valence-electron chi connectivity index (χ0n) is 39.4. The van der Waals surface area contributed by atoms with Crippen LogP contribution in [0.3, 0.4) is 0 Å². The number of rotatable bonds is 9. The van der Waals surface area contributed by atoms with Crippen LogP contribution in [0.25, 0.3) is 88.0 Å². The average Bonchev–Trinajstić information content (AvgIpc) is 3.84. The van der Waals surface area contributed by atoms with Crippen molar-refractivity contribution in [2.24, 2.45) is 0 Å². The lowest BCUT2D eigenvalue weighted by Gasteiger charge is -2.30. The van der Waals surface area contributed by atoms with Gasteiger partial charge in [0.1, 0.15) is 22.9 Å². The summed E-state index contributed by atoms with van der Waals surface area (Å²) in [5.74, 6) is 1.21. The number of halogens is 1. The predicted molar refractivity (Wildman–Crippen MR) is 300 cm³/mol. The molecule has 0 amide bonds. The number of fused-ring (bicyclic) bond motifs is 7. The minimum atomic E-state index is -0.318. The highest BCUT2D eigenvalue weighted by Crippen LogP contribution is 2.53. The average molecular weight is 939 g/mol. The highest BCUT2D eigenvalue weighted by Gasteiger charge is 2.28. The molecule has 1 aliphatic heterocycles. The molecule has 0 saturated heterocycles. The normalized spacial score (nSPS) is 11.7. The van der Waals surface area contributed by atoms with Gasteiger partial charge in [0.25, 0.3) is 0 Å². The molecule has 14 rings (SSSR count). The molecule has 2 heterocycles. The summed E-state index contributed by atoms with van der Waals surface area (Å²) in [6.07, 6.45) is 0. The topological polar surface area (TPSA) is 28.9 Å². The third-order valence-electron chi connectivity index (χ3n) is 14.3. The SMILES string of the molecule is Fc1cc(-c2ccccc2)cc(-c2ccccc2)c1N(c1ccccc1)c1ccc2cc3c4c(cccc4c2c1)Oc1cc(N(c2ccccc2-c2ccccc2)c2cccc4c2oc2ccccc24)ccc1-3. The van der Waals surface area contributed by atoms with Gasteiger partial charge in [-0.05, 0) is 123 Å². The molecular formula is C68H43FN2O2. The Morgan fingerprint density at radius 1 is 0.329 bits per heavy atom. The Labute approximate surface area is 421 Å². The molecule has 0 fully saturated rings. The molecule has 0 atom stereocenters. The maximum Gasteiger partial charge on any atom is 0.159 e. The lowest BCUT2D eigenvalue weighted by molar-refractivity contribution is 0.487. The Balaban J connectivity index is 0.932. The molecule has 344 valence electrons. The first-order valence-electron chi connectivity index (χ1n) is 24.6. The van der Waals surface area contributed by atoms with E-state index in [-0.39, 0.29) is 5.82 Å². The fourth-order valence-electron chi connectivity index (χ4n) is 11.0. The molecule has 12 aromatic carbocycles. The van der Waals surface area contributed by atoms with Crippen molar-refractivity contribution in [1.82, 2.24) is 0 Å². The van der Waals surface area contributed by atoms with Gasteiger partial charge in [-0.25, -0.2) is 4.39 Å². The van der Waals surface area contributed by atoms with Crippen molar-refractivity contribution >= 4 is 77.6 Å². The summed E-state index contributed by atoms with van der Waals surface area (Å²) in [6, 6.07) is 89.2. The number of furan rings is 1. The molecule has 1 aliphatic rings. The van der Waals surface area contributed by atoms with Gasteiger partial charge in [0.15, 0.2) is 5.58 Å². The first-order chi connectivity index (χ1) is 36.1. The van der Waals surface area contributed by atoms with E-state index >= 15 is 4.39 Å². The Bertz CT molecular complexity index is 4250. The lowest BCUT2D eigenvalue weighted by Crippen LogP contribution is -2.13. The first kappa shape index (κ1) is 42.2. The van der Waals surface area contributed by atoms with E-state index in [1.54, 1.807) is 6.07 Å². The van der Waals surface area contributed by atoms with E-state index in [0.29, 0.717) is 5.69 Å². The standard InChI is InChI=1S/C68H43FN2O2/c69-60-41-48(44-19-5-1-6-20-44)40-58(46-23-9-3-10-24-46)67(60)70(49-25-11-4-12-26-49)50-36-35-47-39-59-54-38-37-51(43-65(54)72-64-34-18-29-55(66(59)64)57(47)42-50)71(61-31-15-13-27-52(61)45-21-7-2-8-22-45)62-32-17-30-56-53-28-14-16-33-63(53)73-68(56)62/h1-43H. The summed E-state index contributed by atoms with van der Waals surface area (Å²) >= 11 is 0. The molecule has 0 bridgehead atoms. The van der Waals surface area contributed by atoms with E-state index < -0.39 is 0 Å². The smallest absolute Gasteiger partial charge is 0.159 e. The van der Waals surface area contributed by atoms with Crippen LogP contribution in [0.5, 0.6) is 11.5 Å². The van der Waals surface area contributed by atoms with Crippen molar-refractivity contribution in [1.29, 1.82) is 0 Å². The predicted octanol–water partition coefficient (Wildman–Crippen LogP) is 19.7. The summed E-state index contributed by atoms with van der Waals surface area (Å²) in [4.78, 5) is 4.36. The quantitative estimate of drug-likeness (QED) is 0.135. The molecule has 13 aromatic rings. The van der Waals surface area contributed by atoms with E-state index in [1.165, 1.54) is 0 Å². The number of hydrogen-bond acceptors (Lipinski definition) is 4. The highest BCUT2D eigenvalue weighted by atomic mass is 19.1. The van der Waals surface area contributed by atoms with E-state index in [4.69, 9.17) is 9.15 Å². The van der Waals surface area contributed by atoms with Crippen LogP contribution in [0.15, 0.2) is 265 Å². The molecule has 5 heteroatoms. The first-order valence-corrected chi connectivity index (χ1v) is 24.6. The fraction of sp³-hybridized carbons (Fsp3) is 0. The van der Waals surface area contributed by atoms with Gasteiger partial charge in [-0.2, -0.15) is 0 Å². The third-order valence-corrected chi connectivity index (χ3v) is 14.3. The fourth-order valence-corrected chi connectivity index (χ4v) is 11.0. The van der Waals surface area contributed by atoms with E-state index in [2.05, 4.69) is 174 Å². The molecule has 0 N–H and O–H groups in total. The number of para-hydroxylation sites is 4. The third kappa shape index (κ3) is 7.12. The highest BCUT2D eigenvalue weighted by molar-refractivity contribution is 6.18. The van der Waals surface area contributed by atoms with Gasteiger partial charge in [0.05, 0.1) is 22.7 Å². The summed E-state index contributed by atoms with van der Waals surface area (Å²) in [7, 11) is 0. The molecule has 0 unspecified atom stereocenters. The van der Waals surface area contributed by atoms with Crippen LogP contribution >= 0.6 is 0 Å². The van der Waals surface area contributed by atoms with Gasteiger partial charge >= 0.3 is 0 Å². The molecule has 1 aromatic heterocycles. The van der Waals surface area contributed by atoms with Crippen molar-refractivity contribution in [3.63, 3.8) is 0 Å². The Morgan fingerprint density at radius 3 is 1.74 bits per heavy atom. The number of anilines is 6. The molecule has 4 nitrogen and oxygen atoms in total. The van der Waals surface area contributed by atoms with Gasteiger partial charge < -0.3 is 19.0 Å². The van der Waals surface area contributed by atoms with E-state index in [1.807, 2.05) is 91.0 Å². The maximum absolute atomic E-state index is 17.4.